The Morgan fingerprint density at radius 1 is 1.00 bits per heavy atom. The number of amides is 1. The summed E-state index contributed by atoms with van der Waals surface area (Å²) in [6.07, 6.45) is 2.03. The Morgan fingerprint density at radius 3 is 2.72 bits per heavy atom. The van der Waals surface area contributed by atoms with E-state index in [4.69, 9.17) is 4.98 Å². The van der Waals surface area contributed by atoms with Crippen LogP contribution in [0.15, 0.2) is 72.8 Å². The van der Waals surface area contributed by atoms with Crippen molar-refractivity contribution in [2.45, 2.75) is 26.3 Å². The SMILES string of the molecule is Cc1cccc(-c2nc3ccccc3n2CC(=O)N2CCCc3ccccc32)c1. The van der Waals surface area contributed by atoms with Crippen LogP contribution in [0.25, 0.3) is 22.4 Å². The van der Waals surface area contributed by atoms with Gasteiger partial charge in [-0.05, 0) is 49.6 Å². The summed E-state index contributed by atoms with van der Waals surface area (Å²) in [5.74, 6) is 0.947. The molecule has 0 bridgehead atoms. The van der Waals surface area contributed by atoms with E-state index in [9.17, 15) is 4.79 Å². The summed E-state index contributed by atoms with van der Waals surface area (Å²) in [6.45, 7) is 3.12. The maximum absolute atomic E-state index is 13.4. The number of aryl methyl sites for hydroxylation is 2. The summed E-state index contributed by atoms with van der Waals surface area (Å²) >= 11 is 0. The number of aromatic nitrogens is 2. The highest BCUT2D eigenvalue weighted by Crippen LogP contribution is 2.29. The third-order valence-electron chi connectivity index (χ3n) is 5.64. The van der Waals surface area contributed by atoms with Crippen LogP contribution in [0.2, 0.25) is 0 Å². The van der Waals surface area contributed by atoms with Crippen molar-refractivity contribution in [2.75, 3.05) is 11.4 Å². The third-order valence-corrected chi connectivity index (χ3v) is 5.64. The minimum atomic E-state index is 0.106. The van der Waals surface area contributed by atoms with Gasteiger partial charge in [-0.1, -0.05) is 54.1 Å². The van der Waals surface area contributed by atoms with Gasteiger partial charge in [0, 0.05) is 17.8 Å². The number of nitrogens with zero attached hydrogens (tertiary/aromatic N) is 3. The second-order valence-electron chi connectivity index (χ2n) is 7.66. The number of carbonyl (C=O) groups is 1. The number of para-hydroxylation sites is 3. The molecule has 0 fully saturated rings. The number of fused-ring (bicyclic) bond motifs is 2. The van der Waals surface area contributed by atoms with Crippen LogP contribution < -0.4 is 4.90 Å². The average Bonchev–Trinajstić information content (AvgIpc) is 3.12. The predicted molar refractivity (Wildman–Crippen MR) is 117 cm³/mol. The summed E-state index contributed by atoms with van der Waals surface area (Å²) in [5.41, 5.74) is 6.41. The van der Waals surface area contributed by atoms with E-state index >= 15 is 0 Å². The smallest absolute Gasteiger partial charge is 0.247 e. The van der Waals surface area contributed by atoms with Gasteiger partial charge in [0.25, 0.3) is 0 Å². The Bertz CT molecular complexity index is 1210. The van der Waals surface area contributed by atoms with E-state index in [1.54, 1.807) is 0 Å². The molecule has 144 valence electrons. The van der Waals surface area contributed by atoms with E-state index in [0.29, 0.717) is 0 Å². The topological polar surface area (TPSA) is 38.1 Å². The molecular formula is C25H23N3O. The fourth-order valence-corrected chi connectivity index (χ4v) is 4.25. The van der Waals surface area contributed by atoms with Crippen LogP contribution in [0.3, 0.4) is 0 Å². The molecule has 0 unspecified atom stereocenters. The molecule has 4 aromatic rings. The molecule has 29 heavy (non-hydrogen) atoms. The molecule has 0 atom stereocenters. The van der Waals surface area contributed by atoms with Gasteiger partial charge < -0.3 is 9.47 Å². The fourth-order valence-electron chi connectivity index (χ4n) is 4.25. The number of hydrogen-bond donors (Lipinski definition) is 0. The molecule has 2 heterocycles. The normalized spacial score (nSPS) is 13.5. The zero-order valence-corrected chi connectivity index (χ0v) is 16.5. The number of benzene rings is 3. The third kappa shape index (κ3) is 3.21. The van der Waals surface area contributed by atoms with Crippen LogP contribution in [0.1, 0.15) is 17.5 Å². The van der Waals surface area contributed by atoms with Crippen molar-refractivity contribution in [3.63, 3.8) is 0 Å². The first-order chi connectivity index (χ1) is 14.2. The molecule has 0 saturated carbocycles. The Kier molecular flexibility index (Phi) is 4.39. The minimum absolute atomic E-state index is 0.106. The molecule has 0 saturated heterocycles. The highest BCUT2D eigenvalue weighted by atomic mass is 16.2. The van der Waals surface area contributed by atoms with Crippen LogP contribution in [-0.2, 0) is 17.8 Å². The summed E-state index contributed by atoms with van der Waals surface area (Å²) in [4.78, 5) is 20.2. The Balaban J connectivity index is 1.57. The second kappa shape index (κ2) is 7.21. The van der Waals surface area contributed by atoms with Gasteiger partial charge in [-0.15, -0.1) is 0 Å². The largest absolute Gasteiger partial charge is 0.314 e. The minimum Gasteiger partial charge on any atom is -0.314 e. The molecule has 1 aliphatic rings. The highest BCUT2D eigenvalue weighted by molar-refractivity contribution is 5.96. The molecular weight excluding hydrogens is 358 g/mol. The van der Waals surface area contributed by atoms with Crippen LogP contribution >= 0.6 is 0 Å². The number of imidazole rings is 1. The lowest BCUT2D eigenvalue weighted by Gasteiger charge is -2.29. The average molecular weight is 381 g/mol. The maximum atomic E-state index is 13.4. The van der Waals surface area contributed by atoms with E-state index < -0.39 is 0 Å². The van der Waals surface area contributed by atoms with Crippen LogP contribution in [0.4, 0.5) is 5.69 Å². The lowest BCUT2D eigenvalue weighted by molar-refractivity contribution is -0.119. The molecule has 4 heteroatoms. The van der Waals surface area contributed by atoms with Gasteiger partial charge in [0.2, 0.25) is 5.91 Å². The van der Waals surface area contributed by atoms with Gasteiger partial charge >= 0.3 is 0 Å². The summed E-state index contributed by atoms with van der Waals surface area (Å²) in [6, 6.07) is 24.6. The van der Waals surface area contributed by atoms with E-state index in [1.165, 1.54) is 11.1 Å². The number of hydrogen-bond acceptors (Lipinski definition) is 2. The Labute approximate surface area is 170 Å². The first-order valence-electron chi connectivity index (χ1n) is 10.1. The van der Waals surface area contributed by atoms with Gasteiger partial charge in [-0.3, -0.25) is 4.79 Å². The van der Waals surface area contributed by atoms with Crippen molar-refractivity contribution in [1.29, 1.82) is 0 Å². The quantitative estimate of drug-likeness (QED) is 0.501. The number of rotatable bonds is 3. The van der Waals surface area contributed by atoms with Crippen LogP contribution in [0, 0.1) is 6.92 Å². The fraction of sp³-hybridized carbons (Fsp3) is 0.200. The monoisotopic (exact) mass is 381 g/mol. The zero-order chi connectivity index (χ0) is 19.8. The van der Waals surface area contributed by atoms with Gasteiger partial charge in [-0.25, -0.2) is 4.98 Å². The maximum Gasteiger partial charge on any atom is 0.247 e. The lowest BCUT2D eigenvalue weighted by Crippen LogP contribution is -2.37. The van der Waals surface area contributed by atoms with Crippen molar-refractivity contribution < 1.29 is 4.79 Å². The zero-order valence-electron chi connectivity index (χ0n) is 16.5. The number of carbonyl (C=O) groups excluding carboxylic acids is 1. The lowest BCUT2D eigenvalue weighted by atomic mass is 10.0. The summed E-state index contributed by atoms with van der Waals surface area (Å²) in [7, 11) is 0. The molecule has 1 aliphatic heterocycles. The van der Waals surface area contributed by atoms with Crippen molar-refractivity contribution in [3.8, 4) is 11.4 Å². The molecule has 5 rings (SSSR count). The van der Waals surface area contributed by atoms with Crippen molar-refractivity contribution in [1.82, 2.24) is 9.55 Å². The first kappa shape index (κ1) is 17.7. The molecule has 0 aliphatic carbocycles. The van der Waals surface area contributed by atoms with Gasteiger partial charge in [-0.2, -0.15) is 0 Å². The standard InChI is InChI=1S/C25H23N3O/c1-18-8-6-10-20(16-18)25-26-21-12-3-5-14-23(21)28(25)17-24(29)27-15-7-11-19-9-2-4-13-22(19)27/h2-6,8-10,12-14,16H,7,11,15,17H2,1H3. The van der Waals surface area contributed by atoms with Crippen molar-refractivity contribution in [3.05, 3.63) is 83.9 Å². The van der Waals surface area contributed by atoms with Crippen molar-refractivity contribution >= 4 is 22.6 Å². The Morgan fingerprint density at radius 2 is 1.83 bits per heavy atom. The van der Waals surface area contributed by atoms with E-state index in [0.717, 1.165) is 47.5 Å². The number of anilines is 1. The highest BCUT2D eigenvalue weighted by Gasteiger charge is 2.24. The Hall–Kier alpha value is -3.40. The molecule has 4 nitrogen and oxygen atoms in total. The van der Waals surface area contributed by atoms with Crippen LogP contribution in [-0.4, -0.2) is 22.0 Å². The van der Waals surface area contributed by atoms with E-state index in [-0.39, 0.29) is 12.5 Å². The second-order valence-corrected chi connectivity index (χ2v) is 7.66. The van der Waals surface area contributed by atoms with Crippen molar-refractivity contribution in [2.24, 2.45) is 0 Å². The van der Waals surface area contributed by atoms with Gasteiger partial charge in [0.05, 0.1) is 11.0 Å². The molecule has 1 amide bonds. The van der Waals surface area contributed by atoms with Gasteiger partial charge in [0.15, 0.2) is 0 Å². The van der Waals surface area contributed by atoms with Gasteiger partial charge in [0.1, 0.15) is 12.4 Å². The summed E-state index contributed by atoms with van der Waals surface area (Å²) in [5, 5.41) is 0. The van der Waals surface area contributed by atoms with Crippen LogP contribution in [0.5, 0.6) is 0 Å². The molecule has 3 aromatic carbocycles. The van der Waals surface area contributed by atoms with E-state index in [2.05, 4.69) is 41.8 Å². The molecule has 0 N–H and O–H groups in total. The molecule has 0 spiro atoms. The molecule has 0 radical (unpaired) electrons. The molecule has 1 aromatic heterocycles. The first-order valence-corrected chi connectivity index (χ1v) is 10.1. The van der Waals surface area contributed by atoms with E-state index in [1.807, 2.05) is 47.4 Å². The predicted octanol–water partition coefficient (Wildman–Crippen LogP) is 4.99. The summed E-state index contributed by atoms with van der Waals surface area (Å²) < 4.78 is 2.06.